The Morgan fingerprint density at radius 2 is 2.00 bits per heavy atom. The largest absolute Gasteiger partial charge is 0.478 e. The van der Waals surface area contributed by atoms with E-state index >= 15 is 0 Å². The normalized spacial score (nSPS) is 11.2. The monoisotopic (exact) mass is 301 g/mol. The van der Waals surface area contributed by atoms with E-state index in [1.165, 1.54) is 12.1 Å². The van der Waals surface area contributed by atoms with Gasteiger partial charge in [0.1, 0.15) is 11.4 Å². The number of carboxylic acid groups (broad SMARTS) is 1. The molecule has 2 aromatic rings. The lowest BCUT2D eigenvalue weighted by Crippen LogP contribution is -2.17. The summed E-state index contributed by atoms with van der Waals surface area (Å²) in [4.78, 5) is 17.3. The van der Waals surface area contributed by atoms with Crippen molar-refractivity contribution in [2.75, 3.05) is 5.32 Å². The van der Waals surface area contributed by atoms with Gasteiger partial charge < -0.3 is 10.4 Å². The first-order valence-corrected chi connectivity index (χ1v) is 5.47. The molecule has 2 rings (SSSR count). The minimum atomic E-state index is -4.95. The van der Waals surface area contributed by atoms with Gasteiger partial charge in [-0.25, -0.2) is 19.2 Å². The third-order valence-electron chi connectivity index (χ3n) is 2.37. The number of alkyl halides is 3. The van der Waals surface area contributed by atoms with Gasteiger partial charge in [0.15, 0.2) is 5.69 Å². The van der Waals surface area contributed by atoms with Crippen LogP contribution in [0, 0.1) is 5.82 Å². The van der Waals surface area contributed by atoms with Crippen LogP contribution in [0.4, 0.5) is 29.2 Å². The van der Waals surface area contributed by atoms with Crippen LogP contribution < -0.4 is 5.32 Å². The highest BCUT2D eigenvalue weighted by Crippen LogP contribution is 2.31. The molecule has 9 heteroatoms. The summed E-state index contributed by atoms with van der Waals surface area (Å²) in [5.74, 6) is -2.88. The Bertz CT molecular complexity index is 688. The molecule has 0 saturated heterocycles. The maximum atomic E-state index is 13.0. The quantitative estimate of drug-likeness (QED) is 0.852. The van der Waals surface area contributed by atoms with Crippen LogP contribution in [0.1, 0.15) is 16.1 Å². The second-order valence-corrected chi connectivity index (χ2v) is 3.89. The molecule has 0 spiro atoms. The molecule has 0 atom stereocenters. The van der Waals surface area contributed by atoms with Crippen molar-refractivity contribution in [2.45, 2.75) is 6.18 Å². The summed E-state index contributed by atoms with van der Waals surface area (Å²) in [6.45, 7) is 0. The summed E-state index contributed by atoms with van der Waals surface area (Å²) in [5, 5.41) is 11.1. The highest BCUT2D eigenvalue weighted by atomic mass is 19.4. The first kappa shape index (κ1) is 14.7. The molecule has 0 amide bonds. The number of rotatable bonds is 3. The summed E-state index contributed by atoms with van der Waals surface area (Å²) in [6.07, 6.45) is -4.41. The highest BCUT2D eigenvalue weighted by molar-refractivity contribution is 5.88. The molecule has 2 N–H and O–H groups in total. The van der Waals surface area contributed by atoms with Crippen LogP contribution in [-0.2, 0) is 6.18 Å². The number of halogens is 4. The molecule has 0 radical (unpaired) electrons. The van der Waals surface area contributed by atoms with Crippen LogP contribution >= 0.6 is 0 Å². The van der Waals surface area contributed by atoms with Crippen molar-refractivity contribution in [2.24, 2.45) is 0 Å². The molecule has 21 heavy (non-hydrogen) atoms. The second kappa shape index (κ2) is 5.35. The SMILES string of the molecule is O=C(O)c1cnc(Nc2cccc(F)c2)nc1C(F)(F)F. The number of hydrogen-bond acceptors (Lipinski definition) is 4. The Morgan fingerprint density at radius 3 is 2.57 bits per heavy atom. The summed E-state index contributed by atoms with van der Waals surface area (Å²) in [6, 6.07) is 4.92. The van der Waals surface area contributed by atoms with E-state index in [-0.39, 0.29) is 5.69 Å². The Balaban J connectivity index is 2.40. The van der Waals surface area contributed by atoms with E-state index in [0.29, 0.717) is 6.20 Å². The predicted octanol–water partition coefficient (Wildman–Crippen LogP) is 3.08. The summed E-state index contributed by atoms with van der Waals surface area (Å²) < 4.78 is 51.2. The highest BCUT2D eigenvalue weighted by Gasteiger charge is 2.38. The van der Waals surface area contributed by atoms with Crippen molar-refractivity contribution in [3.8, 4) is 0 Å². The Hall–Kier alpha value is -2.71. The minimum Gasteiger partial charge on any atom is -0.478 e. The van der Waals surface area contributed by atoms with E-state index in [0.717, 1.165) is 12.1 Å². The second-order valence-electron chi connectivity index (χ2n) is 3.89. The van der Waals surface area contributed by atoms with Crippen LogP contribution in [0.15, 0.2) is 30.5 Å². The van der Waals surface area contributed by atoms with Crippen LogP contribution in [0.5, 0.6) is 0 Å². The number of nitrogens with zero attached hydrogens (tertiary/aromatic N) is 2. The molecule has 0 unspecified atom stereocenters. The van der Waals surface area contributed by atoms with E-state index in [4.69, 9.17) is 5.11 Å². The van der Waals surface area contributed by atoms with Gasteiger partial charge in [-0.3, -0.25) is 0 Å². The molecule has 1 aromatic carbocycles. The molecule has 1 aromatic heterocycles. The summed E-state index contributed by atoms with van der Waals surface area (Å²) in [7, 11) is 0. The first-order chi connectivity index (χ1) is 9.77. The molecule has 0 saturated carbocycles. The average Bonchev–Trinajstić information content (AvgIpc) is 2.37. The van der Waals surface area contributed by atoms with Gasteiger partial charge in [-0.05, 0) is 18.2 Å². The number of carbonyl (C=O) groups is 1. The number of hydrogen-bond donors (Lipinski definition) is 2. The molecule has 0 aliphatic carbocycles. The molecule has 110 valence electrons. The van der Waals surface area contributed by atoms with E-state index in [1.54, 1.807) is 0 Å². The van der Waals surface area contributed by atoms with Crippen molar-refractivity contribution in [3.05, 3.63) is 47.5 Å². The van der Waals surface area contributed by atoms with Crippen LogP contribution in [0.3, 0.4) is 0 Å². The molecule has 0 bridgehead atoms. The lowest BCUT2D eigenvalue weighted by atomic mass is 10.2. The maximum Gasteiger partial charge on any atom is 0.434 e. The molecule has 1 heterocycles. The van der Waals surface area contributed by atoms with Crippen LogP contribution in [-0.4, -0.2) is 21.0 Å². The van der Waals surface area contributed by atoms with Gasteiger partial charge in [0, 0.05) is 11.9 Å². The van der Waals surface area contributed by atoms with E-state index in [1.807, 2.05) is 0 Å². The number of anilines is 2. The number of nitrogens with one attached hydrogen (secondary N) is 1. The molecule has 0 aliphatic rings. The van der Waals surface area contributed by atoms with Crippen molar-refractivity contribution in [1.82, 2.24) is 9.97 Å². The third-order valence-corrected chi connectivity index (χ3v) is 2.37. The Labute approximate surface area is 115 Å². The lowest BCUT2D eigenvalue weighted by Gasteiger charge is -2.11. The van der Waals surface area contributed by atoms with Crippen molar-refractivity contribution in [1.29, 1.82) is 0 Å². The van der Waals surface area contributed by atoms with E-state index < -0.39 is 35.2 Å². The number of carboxylic acids is 1. The van der Waals surface area contributed by atoms with Crippen molar-refractivity contribution in [3.63, 3.8) is 0 Å². The fraction of sp³-hybridized carbons (Fsp3) is 0.0833. The van der Waals surface area contributed by atoms with Gasteiger partial charge in [0.2, 0.25) is 5.95 Å². The molecule has 5 nitrogen and oxygen atoms in total. The zero-order chi connectivity index (χ0) is 15.6. The van der Waals surface area contributed by atoms with Crippen molar-refractivity contribution >= 4 is 17.6 Å². The Morgan fingerprint density at radius 1 is 1.29 bits per heavy atom. The summed E-state index contributed by atoms with van der Waals surface area (Å²) in [5.41, 5.74) is -2.51. The van der Waals surface area contributed by atoms with Crippen molar-refractivity contribution < 1.29 is 27.5 Å². The fourth-order valence-corrected chi connectivity index (χ4v) is 1.51. The smallest absolute Gasteiger partial charge is 0.434 e. The number of benzene rings is 1. The van der Waals surface area contributed by atoms with Gasteiger partial charge in [-0.15, -0.1) is 0 Å². The minimum absolute atomic E-state index is 0.131. The molecular weight excluding hydrogens is 294 g/mol. The van der Waals surface area contributed by atoms with Gasteiger partial charge in [-0.1, -0.05) is 6.07 Å². The number of aromatic nitrogens is 2. The maximum absolute atomic E-state index is 13.0. The lowest BCUT2D eigenvalue weighted by molar-refractivity contribution is -0.141. The number of aromatic carboxylic acids is 1. The standard InChI is InChI=1S/C12H7F4N3O2/c13-6-2-1-3-7(4-6)18-11-17-5-8(10(20)21)9(19-11)12(14,15)16/h1-5H,(H,20,21)(H,17,18,19). The average molecular weight is 301 g/mol. The van der Waals surface area contributed by atoms with Gasteiger partial charge >= 0.3 is 12.1 Å². The van der Waals surface area contributed by atoms with Gasteiger partial charge in [0.25, 0.3) is 0 Å². The Kier molecular flexibility index (Phi) is 3.74. The van der Waals surface area contributed by atoms with Gasteiger partial charge in [-0.2, -0.15) is 13.2 Å². The zero-order valence-corrected chi connectivity index (χ0v) is 10.1. The fourth-order valence-electron chi connectivity index (χ4n) is 1.51. The van der Waals surface area contributed by atoms with Crippen LogP contribution in [0.2, 0.25) is 0 Å². The zero-order valence-electron chi connectivity index (χ0n) is 10.1. The molecule has 0 fully saturated rings. The molecular formula is C12H7F4N3O2. The summed E-state index contributed by atoms with van der Waals surface area (Å²) >= 11 is 0. The van der Waals surface area contributed by atoms with Gasteiger partial charge in [0.05, 0.1) is 0 Å². The topological polar surface area (TPSA) is 75.1 Å². The van der Waals surface area contributed by atoms with Crippen LogP contribution in [0.25, 0.3) is 0 Å². The predicted molar refractivity (Wildman–Crippen MR) is 63.7 cm³/mol. The molecule has 0 aliphatic heterocycles. The third kappa shape index (κ3) is 3.44. The first-order valence-electron chi connectivity index (χ1n) is 5.47. The van der Waals surface area contributed by atoms with E-state index in [2.05, 4.69) is 15.3 Å². The van der Waals surface area contributed by atoms with E-state index in [9.17, 15) is 22.4 Å².